The number of nitrogens with one attached hydrogen (secondary N) is 2. The molecule has 5 aromatic rings. The maximum Gasteiger partial charge on any atom is 0.376 e. The number of hydrogen-bond donors (Lipinski definition) is 4. The number of guanidine groups is 1. The minimum absolute atomic E-state index is 0.0319. The van der Waals surface area contributed by atoms with Gasteiger partial charge in [0.25, 0.3) is 0 Å². The third kappa shape index (κ3) is 8.04. The van der Waals surface area contributed by atoms with Gasteiger partial charge in [0, 0.05) is 24.1 Å². The first-order valence-corrected chi connectivity index (χ1v) is 17.2. The van der Waals surface area contributed by atoms with Gasteiger partial charge in [0.15, 0.2) is 5.96 Å². The van der Waals surface area contributed by atoms with E-state index in [1.54, 1.807) is 41.3 Å². The van der Waals surface area contributed by atoms with Crippen molar-refractivity contribution in [2.75, 3.05) is 13.1 Å². The zero-order valence-corrected chi connectivity index (χ0v) is 27.2. The summed E-state index contributed by atoms with van der Waals surface area (Å²) in [4.78, 5) is 1.77. The maximum absolute atomic E-state index is 15.1. The number of fused-ring (bicyclic) bond motifs is 1. The van der Waals surface area contributed by atoms with Gasteiger partial charge in [0.05, 0.1) is 19.8 Å². The first kappa shape index (κ1) is 32.8. The predicted molar refractivity (Wildman–Crippen MR) is 187 cm³/mol. The molecule has 1 aliphatic rings. The lowest BCUT2D eigenvalue weighted by Crippen LogP contribution is -2.35. The van der Waals surface area contributed by atoms with Crippen LogP contribution >= 0.6 is 7.60 Å². The summed E-state index contributed by atoms with van der Waals surface area (Å²) in [6, 6.07) is 37.2. The molecule has 48 heavy (non-hydrogen) atoms. The van der Waals surface area contributed by atoms with Crippen LogP contribution in [0.4, 0.5) is 0 Å². The van der Waals surface area contributed by atoms with Crippen LogP contribution in [0, 0.1) is 10.8 Å². The number of amidine groups is 1. The highest BCUT2D eigenvalue weighted by atomic mass is 31.2. The van der Waals surface area contributed by atoms with Gasteiger partial charge in [-0.1, -0.05) is 91.0 Å². The fourth-order valence-corrected chi connectivity index (χ4v) is 7.30. The molecule has 0 aromatic heterocycles. The van der Waals surface area contributed by atoms with Crippen molar-refractivity contribution >= 4 is 30.2 Å². The Morgan fingerprint density at radius 2 is 1.38 bits per heavy atom. The van der Waals surface area contributed by atoms with Crippen LogP contribution < -0.4 is 20.9 Å². The predicted octanol–water partition coefficient (Wildman–Crippen LogP) is 7.17. The number of likely N-dealkylation sites (tertiary alicyclic amines) is 1. The third-order valence-electron chi connectivity index (χ3n) is 8.12. The first-order chi connectivity index (χ1) is 23.3. The van der Waals surface area contributed by atoms with E-state index in [2.05, 4.69) is 0 Å². The Morgan fingerprint density at radius 3 is 1.96 bits per heavy atom. The summed E-state index contributed by atoms with van der Waals surface area (Å²) in [6.07, 6.45) is 0.634. The molecular weight excluding hydrogens is 625 g/mol. The molecule has 2 atom stereocenters. The van der Waals surface area contributed by atoms with Gasteiger partial charge >= 0.3 is 7.60 Å². The van der Waals surface area contributed by atoms with Gasteiger partial charge in [0.1, 0.15) is 23.4 Å². The first-order valence-electron chi connectivity index (χ1n) is 15.6. The van der Waals surface area contributed by atoms with Crippen molar-refractivity contribution in [3.8, 4) is 11.5 Å². The molecule has 0 spiro atoms. The van der Waals surface area contributed by atoms with Gasteiger partial charge in [-0.15, -0.1) is 0 Å². The van der Waals surface area contributed by atoms with Crippen LogP contribution in [-0.4, -0.2) is 35.9 Å². The third-order valence-corrected chi connectivity index (χ3v) is 10.1. The summed E-state index contributed by atoms with van der Waals surface area (Å²) in [7, 11) is -4.06. The number of nitrogens with two attached hydrogens (primary N) is 2. The Balaban J connectivity index is 1.34. The molecule has 6 N–H and O–H groups in total. The van der Waals surface area contributed by atoms with E-state index in [9.17, 15) is 0 Å². The van der Waals surface area contributed by atoms with E-state index in [-0.39, 0.29) is 31.1 Å². The SMILES string of the molecule is N=C(N)c1ccc2ccc(OC(c3ccc(OC4CCN(C(=N)N)C4)cc3)P(=O)(OCc3ccccc3)OCc3ccccc3)cc2c1. The lowest BCUT2D eigenvalue weighted by Gasteiger charge is -2.28. The Bertz CT molecular complexity index is 1880. The molecule has 0 aliphatic carbocycles. The molecule has 0 radical (unpaired) electrons. The monoisotopic (exact) mass is 663 g/mol. The van der Waals surface area contributed by atoms with Crippen molar-refractivity contribution < 1.29 is 23.1 Å². The Morgan fingerprint density at radius 1 is 0.771 bits per heavy atom. The number of rotatable bonds is 13. The second-order valence-corrected chi connectivity index (χ2v) is 13.7. The summed E-state index contributed by atoms with van der Waals surface area (Å²) in [5, 5.41) is 17.3. The summed E-state index contributed by atoms with van der Waals surface area (Å²) in [5.41, 5.74) is 14.2. The standard InChI is InChI=1S/C37H38N5O5P/c38-35(39)30-12-11-28-13-18-33(22-31(28)21-30)47-36(29-14-16-32(17-15-29)46-34-19-20-42(23-34)37(40)41)48(43,44-24-26-7-3-1-4-8-26)45-25-27-9-5-2-6-10-27/h1-18,21-22,34,36H,19-20,23-25H2,(H3,38,39)(H3,40,41). The zero-order valence-electron chi connectivity index (χ0n) is 26.3. The molecule has 6 rings (SSSR count). The normalized spacial score (nSPS) is 15.2. The quantitative estimate of drug-likeness (QED) is 0.0587. The molecule has 1 aliphatic heterocycles. The Hall–Kier alpha value is -5.15. The molecule has 10 nitrogen and oxygen atoms in total. The fraction of sp³-hybridized carbons (Fsp3) is 0.189. The van der Waals surface area contributed by atoms with Crippen molar-refractivity contribution in [1.82, 2.24) is 4.90 Å². The van der Waals surface area contributed by atoms with Crippen LogP contribution in [0.2, 0.25) is 0 Å². The van der Waals surface area contributed by atoms with Crippen LogP contribution in [0.5, 0.6) is 11.5 Å². The minimum Gasteiger partial charge on any atom is -0.489 e. The van der Waals surface area contributed by atoms with Gasteiger partial charge in [-0.2, -0.15) is 0 Å². The van der Waals surface area contributed by atoms with Crippen LogP contribution in [-0.2, 0) is 26.8 Å². The van der Waals surface area contributed by atoms with Crippen LogP contribution in [0.25, 0.3) is 10.8 Å². The van der Waals surface area contributed by atoms with Crippen LogP contribution in [0.3, 0.4) is 0 Å². The van der Waals surface area contributed by atoms with Crippen molar-refractivity contribution in [3.63, 3.8) is 0 Å². The average Bonchev–Trinajstić information content (AvgIpc) is 3.59. The molecular formula is C37H38N5O5P. The Labute approximate surface area is 279 Å². The van der Waals surface area contributed by atoms with Crippen molar-refractivity contribution in [1.29, 1.82) is 10.8 Å². The van der Waals surface area contributed by atoms with Crippen LogP contribution in [0.1, 0.15) is 34.5 Å². The van der Waals surface area contributed by atoms with E-state index in [1.807, 2.05) is 84.9 Å². The highest BCUT2D eigenvalue weighted by Gasteiger charge is 2.40. The second-order valence-electron chi connectivity index (χ2n) is 11.6. The van der Waals surface area contributed by atoms with Gasteiger partial charge in [0.2, 0.25) is 5.85 Å². The molecule has 1 fully saturated rings. The molecule has 246 valence electrons. The van der Waals surface area contributed by atoms with Gasteiger partial charge in [-0.25, -0.2) is 0 Å². The fourth-order valence-electron chi connectivity index (χ4n) is 5.51. The summed E-state index contributed by atoms with van der Waals surface area (Å²) < 4.78 is 40.3. The second kappa shape index (κ2) is 14.7. The summed E-state index contributed by atoms with van der Waals surface area (Å²) >= 11 is 0. The average molecular weight is 664 g/mol. The van der Waals surface area contributed by atoms with Crippen molar-refractivity contribution in [3.05, 3.63) is 144 Å². The zero-order chi connectivity index (χ0) is 33.5. The number of nitrogens with zero attached hydrogens (tertiary/aromatic N) is 1. The maximum atomic E-state index is 15.1. The van der Waals surface area contributed by atoms with E-state index in [1.165, 1.54) is 0 Å². The number of ether oxygens (including phenoxy) is 2. The largest absolute Gasteiger partial charge is 0.489 e. The van der Waals surface area contributed by atoms with E-state index in [0.717, 1.165) is 28.3 Å². The molecule has 0 amide bonds. The van der Waals surface area contributed by atoms with Gasteiger partial charge < -0.3 is 34.9 Å². The number of hydrogen-bond acceptors (Lipinski definition) is 7. The van der Waals surface area contributed by atoms with Crippen molar-refractivity contribution in [2.45, 2.75) is 31.6 Å². The smallest absolute Gasteiger partial charge is 0.376 e. The summed E-state index contributed by atoms with van der Waals surface area (Å²) in [5.74, 6) is -0.0871. The molecule has 5 aromatic carbocycles. The molecule has 1 heterocycles. The summed E-state index contributed by atoms with van der Waals surface area (Å²) in [6.45, 7) is 1.28. The van der Waals surface area contributed by atoms with E-state index in [0.29, 0.717) is 35.7 Å². The van der Waals surface area contributed by atoms with Crippen molar-refractivity contribution in [2.24, 2.45) is 11.5 Å². The molecule has 11 heteroatoms. The molecule has 0 bridgehead atoms. The van der Waals surface area contributed by atoms with E-state index >= 15 is 4.57 Å². The Kier molecular flexibility index (Phi) is 10.1. The molecule has 0 saturated carbocycles. The topological polar surface area (TPSA) is 157 Å². The van der Waals surface area contributed by atoms with E-state index < -0.39 is 13.4 Å². The number of benzene rings is 5. The lowest BCUT2D eigenvalue weighted by molar-refractivity contribution is 0.142. The van der Waals surface area contributed by atoms with Crippen LogP contribution in [0.15, 0.2) is 121 Å². The van der Waals surface area contributed by atoms with Gasteiger partial charge in [-0.05, 0) is 52.2 Å². The number of nitrogen functional groups attached to an aromatic ring is 1. The minimum atomic E-state index is -4.06. The highest BCUT2D eigenvalue weighted by molar-refractivity contribution is 7.54. The highest BCUT2D eigenvalue weighted by Crippen LogP contribution is 2.62. The molecule has 2 unspecified atom stereocenters. The lowest BCUT2D eigenvalue weighted by atomic mass is 10.1. The van der Waals surface area contributed by atoms with Gasteiger partial charge in [-0.3, -0.25) is 15.4 Å². The molecule has 1 saturated heterocycles. The van der Waals surface area contributed by atoms with E-state index in [4.69, 9.17) is 40.8 Å².